The molecule has 0 saturated carbocycles. The van der Waals surface area contributed by atoms with Gasteiger partial charge in [-0.15, -0.1) is 0 Å². The number of nitrogens with two attached hydrogens (primary N) is 1. The van der Waals surface area contributed by atoms with Gasteiger partial charge in [-0.25, -0.2) is 13.1 Å². The van der Waals surface area contributed by atoms with Crippen LogP contribution in [0.2, 0.25) is 0 Å². The summed E-state index contributed by atoms with van der Waals surface area (Å²) in [6, 6.07) is 7.03. The van der Waals surface area contributed by atoms with E-state index in [1.165, 1.54) is 0 Å². The van der Waals surface area contributed by atoms with E-state index in [2.05, 4.69) is 4.72 Å². The zero-order chi connectivity index (χ0) is 14.5. The van der Waals surface area contributed by atoms with Crippen molar-refractivity contribution < 1.29 is 8.42 Å². The normalized spacial score (nSPS) is 12.6. The number of nitrogens with one attached hydrogen (secondary N) is 1. The van der Waals surface area contributed by atoms with Gasteiger partial charge in [0.25, 0.3) is 0 Å². The predicted octanol–water partition coefficient (Wildman–Crippen LogP) is 2.04. The number of hydrogen-bond donors (Lipinski definition) is 2. The molecule has 0 atom stereocenters. The molecule has 1 aromatic rings. The molecule has 0 fully saturated rings. The van der Waals surface area contributed by atoms with Gasteiger partial charge in [0.2, 0.25) is 10.0 Å². The molecule has 0 unspecified atom stereocenters. The maximum Gasteiger partial charge on any atom is 0.241 e. The molecule has 4 nitrogen and oxygen atoms in total. The van der Waals surface area contributed by atoms with Crippen LogP contribution < -0.4 is 10.5 Å². The Kier molecular flexibility index (Phi) is 5.52. The van der Waals surface area contributed by atoms with Crippen molar-refractivity contribution in [2.75, 3.05) is 6.54 Å². The van der Waals surface area contributed by atoms with Gasteiger partial charge >= 0.3 is 0 Å². The topological polar surface area (TPSA) is 72.2 Å². The first kappa shape index (κ1) is 16.1. The van der Waals surface area contributed by atoms with Gasteiger partial charge in [-0.1, -0.05) is 32.9 Å². The van der Waals surface area contributed by atoms with Gasteiger partial charge in [0.1, 0.15) is 0 Å². The lowest BCUT2D eigenvalue weighted by molar-refractivity contribution is 0.363. The van der Waals surface area contributed by atoms with Crippen LogP contribution in [0.5, 0.6) is 0 Å². The van der Waals surface area contributed by atoms with E-state index >= 15 is 0 Å². The SMILES string of the molecule is CCc1cccc(S(=O)(=O)NC(CC)(CC)CN)c1. The van der Waals surface area contributed by atoms with Gasteiger partial charge in [0, 0.05) is 12.1 Å². The Morgan fingerprint density at radius 2 is 1.84 bits per heavy atom. The van der Waals surface area contributed by atoms with Crippen LogP contribution in [-0.2, 0) is 16.4 Å². The second-order valence-electron chi connectivity index (χ2n) is 4.80. The maximum atomic E-state index is 12.4. The molecular weight excluding hydrogens is 260 g/mol. The van der Waals surface area contributed by atoms with E-state index in [-0.39, 0.29) is 0 Å². The zero-order valence-corrected chi connectivity index (χ0v) is 12.8. The summed E-state index contributed by atoms with van der Waals surface area (Å²) in [5, 5.41) is 0. The number of aryl methyl sites for hydroxylation is 1. The highest BCUT2D eigenvalue weighted by Gasteiger charge is 2.30. The van der Waals surface area contributed by atoms with Gasteiger partial charge in [-0.3, -0.25) is 0 Å². The second kappa shape index (κ2) is 6.50. The van der Waals surface area contributed by atoms with Crippen LogP contribution in [0.15, 0.2) is 29.2 Å². The largest absolute Gasteiger partial charge is 0.329 e. The molecule has 0 aliphatic heterocycles. The molecule has 0 aromatic heterocycles. The average molecular weight is 284 g/mol. The van der Waals surface area contributed by atoms with Gasteiger partial charge in [0.15, 0.2) is 0 Å². The minimum Gasteiger partial charge on any atom is -0.329 e. The highest BCUT2D eigenvalue weighted by atomic mass is 32.2. The fourth-order valence-corrected chi connectivity index (χ4v) is 3.63. The molecule has 5 heteroatoms. The Labute approximate surface area is 116 Å². The molecule has 19 heavy (non-hydrogen) atoms. The molecule has 0 heterocycles. The van der Waals surface area contributed by atoms with Crippen LogP contribution in [0.1, 0.15) is 39.2 Å². The maximum absolute atomic E-state index is 12.4. The molecule has 108 valence electrons. The standard InChI is InChI=1S/C14H24N2O2S/c1-4-12-8-7-9-13(10-12)19(17,18)16-14(5-2,6-3)11-15/h7-10,16H,4-6,11,15H2,1-3H3. The van der Waals surface area contributed by atoms with Crippen molar-refractivity contribution in [1.82, 2.24) is 4.72 Å². The highest BCUT2D eigenvalue weighted by Crippen LogP contribution is 2.19. The number of benzene rings is 1. The predicted molar refractivity (Wildman–Crippen MR) is 78.5 cm³/mol. The van der Waals surface area contributed by atoms with Crippen molar-refractivity contribution in [1.29, 1.82) is 0 Å². The molecule has 0 bridgehead atoms. The molecule has 0 spiro atoms. The van der Waals surface area contributed by atoms with Crippen molar-refractivity contribution >= 4 is 10.0 Å². The molecule has 0 radical (unpaired) electrons. The summed E-state index contributed by atoms with van der Waals surface area (Å²) in [5.41, 5.74) is 6.20. The lowest BCUT2D eigenvalue weighted by atomic mass is 9.95. The van der Waals surface area contributed by atoms with E-state index < -0.39 is 15.6 Å². The van der Waals surface area contributed by atoms with Crippen molar-refractivity contribution in [2.45, 2.75) is 50.5 Å². The fourth-order valence-electron chi connectivity index (χ4n) is 2.00. The molecular formula is C14H24N2O2S. The van der Waals surface area contributed by atoms with E-state index in [0.717, 1.165) is 12.0 Å². The minimum absolute atomic E-state index is 0.298. The summed E-state index contributed by atoms with van der Waals surface area (Å²) < 4.78 is 27.6. The van der Waals surface area contributed by atoms with Gasteiger partial charge in [-0.2, -0.15) is 0 Å². The van der Waals surface area contributed by atoms with Gasteiger partial charge < -0.3 is 5.73 Å². The Balaban J connectivity index is 3.10. The van der Waals surface area contributed by atoms with Crippen molar-refractivity contribution in [3.05, 3.63) is 29.8 Å². The average Bonchev–Trinajstić information content (AvgIpc) is 2.45. The third-order valence-corrected chi connectivity index (χ3v) is 5.29. The molecule has 1 aromatic carbocycles. The summed E-state index contributed by atoms with van der Waals surface area (Å²) in [6.07, 6.45) is 2.16. The molecule has 1 rings (SSSR count). The number of sulfonamides is 1. The number of rotatable bonds is 7. The lowest BCUT2D eigenvalue weighted by Crippen LogP contribution is -2.52. The van der Waals surface area contributed by atoms with Crippen LogP contribution in [0.4, 0.5) is 0 Å². The molecule has 0 aliphatic carbocycles. The summed E-state index contributed by atoms with van der Waals surface area (Å²) in [6.45, 7) is 6.19. The fraction of sp³-hybridized carbons (Fsp3) is 0.571. The number of hydrogen-bond acceptors (Lipinski definition) is 3. The van der Waals surface area contributed by atoms with Crippen LogP contribution in [0.3, 0.4) is 0 Å². The third-order valence-electron chi connectivity index (χ3n) is 3.71. The Morgan fingerprint density at radius 1 is 1.21 bits per heavy atom. The molecule has 0 aliphatic rings. The van der Waals surface area contributed by atoms with Crippen LogP contribution in [0, 0.1) is 0 Å². The summed E-state index contributed by atoms with van der Waals surface area (Å²) in [4.78, 5) is 0.312. The lowest BCUT2D eigenvalue weighted by Gasteiger charge is -2.31. The van der Waals surface area contributed by atoms with Gasteiger partial charge in [-0.05, 0) is 37.0 Å². The van der Waals surface area contributed by atoms with E-state index in [0.29, 0.717) is 24.3 Å². The highest BCUT2D eigenvalue weighted by molar-refractivity contribution is 7.89. The quantitative estimate of drug-likeness (QED) is 0.805. The zero-order valence-electron chi connectivity index (χ0n) is 11.9. The summed E-state index contributed by atoms with van der Waals surface area (Å²) in [5.74, 6) is 0. The first-order valence-corrected chi connectivity index (χ1v) is 8.24. The van der Waals surface area contributed by atoms with E-state index in [4.69, 9.17) is 5.73 Å². The van der Waals surface area contributed by atoms with Crippen molar-refractivity contribution in [3.8, 4) is 0 Å². The summed E-state index contributed by atoms with van der Waals surface area (Å²) in [7, 11) is -3.52. The molecule has 0 amide bonds. The smallest absolute Gasteiger partial charge is 0.241 e. The van der Waals surface area contributed by atoms with Crippen molar-refractivity contribution in [2.24, 2.45) is 5.73 Å². The van der Waals surface area contributed by atoms with Crippen molar-refractivity contribution in [3.63, 3.8) is 0 Å². The summed E-state index contributed by atoms with van der Waals surface area (Å²) >= 11 is 0. The van der Waals surface area contributed by atoms with Crippen LogP contribution in [-0.4, -0.2) is 20.5 Å². The monoisotopic (exact) mass is 284 g/mol. The Hall–Kier alpha value is -0.910. The molecule has 3 N–H and O–H groups in total. The Bertz CT molecular complexity index is 500. The molecule has 0 saturated heterocycles. The Morgan fingerprint density at radius 3 is 2.32 bits per heavy atom. The third kappa shape index (κ3) is 3.78. The van der Waals surface area contributed by atoms with Crippen LogP contribution in [0.25, 0.3) is 0 Å². The van der Waals surface area contributed by atoms with E-state index in [1.54, 1.807) is 18.2 Å². The first-order chi connectivity index (χ1) is 8.93. The van der Waals surface area contributed by atoms with Gasteiger partial charge in [0.05, 0.1) is 4.90 Å². The van der Waals surface area contributed by atoms with E-state index in [9.17, 15) is 8.42 Å². The first-order valence-electron chi connectivity index (χ1n) is 6.76. The van der Waals surface area contributed by atoms with E-state index in [1.807, 2.05) is 26.8 Å². The van der Waals surface area contributed by atoms with Crippen LogP contribution >= 0.6 is 0 Å². The minimum atomic E-state index is -3.52. The second-order valence-corrected chi connectivity index (χ2v) is 6.48.